The summed E-state index contributed by atoms with van der Waals surface area (Å²) >= 11 is 3.71. The number of Topliss-reactive ketones (excluding diaryl/α,β-unsaturated/α-hetero) is 1. The predicted octanol–water partition coefficient (Wildman–Crippen LogP) is 12.7. The molecule has 1 fully saturated rings. The Morgan fingerprint density at radius 1 is 0.778 bits per heavy atom. The molecule has 63 heavy (non-hydrogen) atoms. The van der Waals surface area contributed by atoms with Crippen LogP contribution in [0.5, 0.6) is 0 Å². The van der Waals surface area contributed by atoms with Gasteiger partial charge in [0.2, 0.25) is 0 Å². The molecule has 1 saturated heterocycles. The number of hydrogen-bond donors (Lipinski definition) is 0. The van der Waals surface area contributed by atoms with Crippen molar-refractivity contribution < 1.29 is 14.3 Å². The molecule has 1 atom stereocenters. The Labute approximate surface area is 389 Å². The highest BCUT2D eigenvalue weighted by atomic mass is 79.9. The molecule has 3 aromatic heterocycles. The lowest BCUT2D eigenvalue weighted by Crippen LogP contribution is -2.39. The molecule has 1 aromatic carbocycles. The smallest absolute Gasteiger partial charge is 0.199 e. The van der Waals surface area contributed by atoms with E-state index in [2.05, 4.69) is 94.7 Å². The first-order valence-corrected chi connectivity index (χ1v) is 32.8. The van der Waals surface area contributed by atoms with Crippen LogP contribution in [0.3, 0.4) is 0 Å². The Morgan fingerprint density at radius 2 is 1.41 bits per heavy atom. The molecular weight excluding hydrogens is 885 g/mol. The van der Waals surface area contributed by atoms with E-state index in [0.29, 0.717) is 38.9 Å². The van der Waals surface area contributed by atoms with Crippen LogP contribution in [0.4, 0.5) is 5.82 Å². The number of carbonyl (C=O) groups excluding carboxylic acids is 1. The van der Waals surface area contributed by atoms with Crippen molar-refractivity contribution >= 4 is 54.6 Å². The van der Waals surface area contributed by atoms with Crippen LogP contribution >= 0.6 is 15.9 Å². The maximum Gasteiger partial charge on any atom is 0.199 e. The highest BCUT2D eigenvalue weighted by Gasteiger charge is 2.36. The van der Waals surface area contributed by atoms with Crippen molar-refractivity contribution in [1.82, 2.24) is 34.2 Å². The molecule has 0 radical (unpaired) electrons. The van der Waals surface area contributed by atoms with Gasteiger partial charge in [-0.1, -0.05) is 139 Å². The normalized spacial score (nSPS) is 15.5. The Morgan fingerprint density at radius 3 is 2.03 bits per heavy atom. The van der Waals surface area contributed by atoms with Crippen molar-refractivity contribution in [2.24, 2.45) is 0 Å². The van der Waals surface area contributed by atoms with Gasteiger partial charge >= 0.3 is 0 Å². The molecule has 0 spiro atoms. The molecule has 14 heteroatoms. The Balaban J connectivity index is 1.21. The van der Waals surface area contributed by atoms with Gasteiger partial charge in [0.25, 0.3) is 0 Å². The Bertz CT molecular complexity index is 2020. The summed E-state index contributed by atoms with van der Waals surface area (Å²) < 4.78 is 17.9. The first-order valence-electron chi connectivity index (χ1n) is 24.6. The third-order valence-corrected chi connectivity index (χ3v) is 16.8. The number of anilines is 1. The summed E-state index contributed by atoms with van der Waals surface area (Å²) in [6.07, 6.45) is 23.4. The number of fused-ring (bicyclic) bond motifs is 2. The fourth-order valence-corrected chi connectivity index (χ4v) is 10.7. The van der Waals surface area contributed by atoms with E-state index in [9.17, 15) is 4.79 Å². The second-order valence-electron chi connectivity index (χ2n) is 20.7. The van der Waals surface area contributed by atoms with E-state index in [1.807, 2.05) is 10.9 Å². The second-order valence-corrected chi connectivity index (χ2v) is 32.9. The summed E-state index contributed by atoms with van der Waals surface area (Å²) in [6.45, 7) is 21.9. The van der Waals surface area contributed by atoms with E-state index in [1.54, 1.807) is 6.20 Å². The average Bonchev–Trinajstić information content (AvgIpc) is 3.93. The largest absolute Gasteiger partial charge is 0.361 e. The molecule has 5 heterocycles. The molecule has 348 valence electrons. The number of rotatable bonds is 28. The number of unbranched alkanes of at least 4 members (excludes halogenated alkanes) is 11. The SMILES string of the molecule is CCCCCCCCCCCCCCC(C(=O)c1cnc(N2CCCCC2)cn1)N1Cc2nc(-c3nn(COCC[Si](C)(C)C)c4cc(Br)ccc34)n(COCC[Si](C)(C)C)c2C1. The molecule has 1 unspecified atom stereocenters. The molecule has 4 aromatic rings. The van der Waals surface area contributed by atoms with Gasteiger partial charge in [-0.2, -0.15) is 5.10 Å². The standard InChI is InChI=1S/C49H79BrN8O3Si2/c1-8-9-10-11-12-13-14-15-16-17-18-20-23-43(48(59)41-33-52-46(34-51-41)55-26-21-19-22-27-55)56-35-42-45(36-56)57(37-60-28-30-62(2,3)4)49(53-42)47-40-25-24-39(50)32-44(40)58(54-47)38-61-29-31-63(5,6)7/h24-25,32-34,43H,8-23,26-31,35-38H2,1-7H3. The van der Waals surface area contributed by atoms with Crippen LogP contribution in [0.25, 0.3) is 22.4 Å². The molecule has 11 nitrogen and oxygen atoms in total. The maximum atomic E-state index is 14.6. The number of piperidine rings is 1. The van der Waals surface area contributed by atoms with Crippen LogP contribution in [0.1, 0.15) is 132 Å². The van der Waals surface area contributed by atoms with E-state index >= 15 is 0 Å². The van der Waals surface area contributed by atoms with Crippen LogP contribution in [0, 0.1) is 0 Å². The van der Waals surface area contributed by atoms with Gasteiger partial charge < -0.3 is 18.9 Å². The van der Waals surface area contributed by atoms with E-state index in [-0.39, 0.29) is 11.8 Å². The molecule has 2 aliphatic rings. The van der Waals surface area contributed by atoms with Crippen LogP contribution in [0.15, 0.2) is 35.1 Å². The quantitative estimate of drug-likeness (QED) is 0.0313. The van der Waals surface area contributed by atoms with Gasteiger partial charge in [-0.15, -0.1) is 0 Å². The fraction of sp³-hybridized carbons (Fsp3) is 0.694. The van der Waals surface area contributed by atoms with Gasteiger partial charge in [0.05, 0.1) is 35.3 Å². The lowest BCUT2D eigenvalue weighted by molar-refractivity contribution is 0.0756. The molecule has 2 aliphatic heterocycles. The zero-order chi connectivity index (χ0) is 44.8. The van der Waals surface area contributed by atoms with Crippen molar-refractivity contribution in [3.8, 4) is 11.5 Å². The van der Waals surface area contributed by atoms with Crippen molar-refractivity contribution in [3.63, 3.8) is 0 Å². The van der Waals surface area contributed by atoms with Gasteiger partial charge in [-0.25, -0.2) is 19.6 Å². The lowest BCUT2D eigenvalue weighted by Gasteiger charge is -2.28. The monoisotopic (exact) mass is 962 g/mol. The third kappa shape index (κ3) is 14.9. The summed E-state index contributed by atoms with van der Waals surface area (Å²) in [6, 6.07) is 8.19. The zero-order valence-electron chi connectivity index (χ0n) is 40.0. The van der Waals surface area contributed by atoms with Crippen molar-refractivity contribution in [2.45, 2.75) is 194 Å². The average molecular weight is 964 g/mol. The summed E-state index contributed by atoms with van der Waals surface area (Å²) in [4.78, 5) is 34.2. The maximum absolute atomic E-state index is 14.6. The number of aromatic nitrogens is 6. The van der Waals surface area contributed by atoms with Gasteiger partial charge in [0.1, 0.15) is 30.7 Å². The van der Waals surface area contributed by atoms with E-state index in [1.165, 1.54) is 83.5 Å². The highest BCUT2D eigenvalue weighted by Crippen LogP contribution is 2.36. The van der Waals surface area contributed by atoms with Gasteiger partial charge in [-0.3, -0.25) is 9.69 Å². The second kappa shape index (κ2) is 24.1. The minimum atomic E-state index is -1.30. The van der Waals surface area contributed by atoms with Gasteiger partial charge in [-0.05, 0) is 56.0 Å². The topological polar surface area (TPSA) is 103 Å². The number of ketones is 1. The Kier molecular flexibility index (Phi) is 19.0. The van der Waals surface area contributed by atoms with E-state index < -0.39 is 16.1 Å². The van der Waals surface area contributed by atoms with Gasteiger partial charge in [0.15, 0.2) is 11.6 Å². The molecule has 0 saturated carbocycles. The lowest BCUT2D eigenvalue weighted by atomic mass is 9.99. The minimum absolute atomic E-state index is 0.0588. The molecule has 0 amide bonds. The summed E-state index contributed by atoms with van der Waals surface area (Å²) in [7, 11) is -2.54. The van der Waals surface area contributed by atoms with Crippen LogP contribution < -0.4 is 4.90 Å². The minimum Gasteiger partial charge on any atom is -0.361 e. The molecule has 0 N–H and O–H groups in total. The number of carbonyl (C=O) groups is 1. The number of benzene rings is 1. The first kappa shape index (κ1) is 49.7. The Hall–Kier alpha value is -2.76. The number of ether oxygens (including phenoxy) is 2. The predicted molar refractivity (Wildman–Crippen MR) is 268 cm³/mol. The van der Waals surface area contributed by atoms with Crippen LogP contribution in [-0.4, -0.2) is 88.5 Å². The molecule has 0 bridgehead atoms. The van der Waals surface area contributed by atoms with Crippen molar-refractivity contribution in [3.05, 3.63) is 52.1 Å². The molecule has 0 aliphatic carbocycles. The highest BCUT2D eigenvalue weighted by molar-refractivity contribution is 9.10. The summed E-state index contributed by atoms with van der Waals surface area (Å²) in [5.74, 6) is 1.74. The molecule has 6 rings (SSSR count). The molecular formula is C49H79BrN8O3Si2. The van der Waals surface area contributed by atoms with E-state index in [0.717, 1.165) is 95.1 Å². The van der Waals surface area contributed by atoms with Crippen molar-refractivity contribution in [2.75, 3.05) is 31.2 Å². The number of nitrogens with zero attached hydrogens (tertiary/aromatic N) is 8. The summed E-state index contributed by atoms with van der Waals surface area (Å²) in [5.41, 5.74) is 4.38. The number of imidazole rings is 1. The zero-order valence-corrected chi connectivity index (χ0v) is 43.6. The third-order valence-electron chi connectivity index (χ3n) is 12.9. The van der Waals surface area contributed by atoms with Crippen LogP contribution in [0.2, 0.25) is 51.4 Å². The van der Waals surface area contributed by atoms with Gasteiger partial charge in [0, 0.05) is 65.4 Å². The van der Waals surface area contributed by atoms with E-state index in [4.69, 9.17) is 29.5 Å². The van der Waals surface area contributed by atoms with Crippen molar-refractivity contribution in [1.29, 1.82) is 0 Å². The first-order chi connectivity index (χ1) is 30.3. The van der Waals surface area contributed by atoms with Crippen LogP contribution in [-0.2, 0) is 36.0 Å². The number of hydrogen-bond acceptors (Lipinski definition) is 9. The summed E-state index contributed by atoms with van der Waals surface area (Å²) in [5, 5.41) is 6.23. The fourth-order valence-electron chi connectivity index (χ4n) is 8.86. The number of halogens is 1.